The van der Waals surface area contributed by atoms with Crippen molar-refractivity contribution in [1.82, 2.24) is 0 Å². The molecule has 254 valence electrons. The van der Waals surface area contributed by atoms with Crippen molar-refractivity contribution in [3.63, 3.8) is 0 Å². The molecule has 0 saturated heterocycles. The summed E-state index contributed by atoms with van der Waals surface area (Å²) in [6, 6.07) is 0. The number of aliphatic hydroxyl groups excluding tert-OH is 7. The van der Waals surface area contributed by atoms with Gasteiger partial charge in [-0.25, -0.2) is 0 Å². The number of rotatable bonds is 18. The number of hydrogen-bond donors (Lipinski definition) is 7. The quantitative estimate of drug-likeness (QED) is 0.0595. The third-order valence-corrected chi connectivity index (χ3v) is 5.98. The molecule has 6 atom stereocenters. The molecular formula is C36H61BrO7. The Labute approximate surface area is 278 Å². The van der Waals surface area contributed by atoms with Crippen LogP contribution in [0.3, 0.4) is 0 Å². The van der Waals surface area contributed by atoms with Gasteiger partial charge < -0.3 is 35.7 Å². The van der Waals surface area contributed by atoms with E-state index < -0.39 is 36.6 Å². The Kier molecular flexibility index (Phi) is 50.4. The molecule has 0 aromatic rings. The Balaban J connectivity index is -0.000000183. The normalized spacial score (nSPS) is 13.0. The second-order valence-corrected chi connectivity index (χ2v) is 9.86. The standard InChI is InChI=1S/C17H26O3.C12H22O2.C5H5BrO.CH4O.CH4/c1-3-5-6-7-10-13-16(19)17(20)14-11-8-9-12-15(18)4-2;1-3-5-6-7-8-10-12(14)11(13)9-4-2;1-2-5(7)3-4-6;1-2;/h4,15-20H,2-3,5-7,10,13-14H2,1H3;2,11-14H,3,5-10H2,1H3;2,5,7H,1H2;2H,1H3;1H4/t15-,16-,17-;11-,12-;5-;;/m111../s1. The summed E-state index contributed by atoms with van der Waals surface area (Å²) in [5, 5.41) is 62.8. The second kappa shape index (κ2) is 43.0. The molecule has 0 unspecified atom stereocenters. The SMILES string of the molecule is C.C#CC[C@@H](O)[C@H](O)CCCCCCC.C=C[C@@H](O)C#CBr.C=C[C@@H](O)C#CC#CC[C@@H](O)[C@H](O)CCCCCCC.CO. The molecule has 0 heterocycles. The van der Waals surface area contributed by atoms with E-state index in [1.54, 1.807) is 0 Å². The Bertz CT molecular complexity index is 851. The van der Waals surface area contributed by atoms with E-state index in [-0.39, 0.29) is 20.3 Å². The van der Waals surface area contributed by atoms with Crippen molar-refractivity contribution in [2.24, 2.45) is 0 Å². The minimum Gasteiger partial charge on any atom is -0.400 e. The lowest BCUT2D eigenvalue weighted by atomic mass is 10.0. The van der Waals surface area contributed by atoms with Crippen molar-refractivity contribution < 1.29 is 35.7 Å². The van der Waals surface area contributed by atoms with E-state index in [2.05, 4.69) is 83.3 Å². The number of hydrogen-bond acceptors (Lipinski definition) is 7. The van der Waals surface area contributed by atoms with Crippen LogP contribution in [0.5, 0.6) is 0 Å². The minimum absolute atomic E-state index is 0. The van der Waals surface area contributed by atoms with Crippen LogP contribution in [0.4, 0.5) is 0 Å². The van der Waals surface area contributed by atoms with Crippen LogP contribution < -0.4 is 0 Å². The smallest absolute Gasteiger partial charge is 0.134 e. The predicted octanol–water partition coefficient (Wildman–Crippen LogP) is 5.24. The lowest BCUT2D eigenvalue weighted by Gasteiger charge is -2.15. The molecule has 7 N–H and O–H groups in total. The van der Waals surface area contributed by atoms with E-state index in [1.165, 1.54) is 50.7 Å². The van der Waals surface area contributed by atoms with Gasteiger partial charge in [0.1, 0.15) is 12.2 Å². The van der Waals surface area contributed by atoms with Gasteiger partial charge in [-0.1, -0.05) is 129 Å². The van der Waals surface area contributed by atoms with E-state index in [4.69, 9.17) is 21.7 Å². The van der Waals surface area contributed by atoms with Crippen LogP contribution in [0.1, 0.15) is 111 Å². The van der Waals surface area contributed by atoms with Crippen LogP contribution in [0.15, 0.2) is 25.3 Å². The van der Waals surface area contributed by atoms with Gasteiger partial charge in [0.2, 0.25) is 0 Å². The molecule has 0 aromatic carbocycles. The summed E-state index contributed by atoms with van der Waals surface area (Å²) in [7, 11) is 1.00. The molecule has 8 heteroatoms. The van der Waals surface area contributed by atoms with Crippen molar-refractivity contribution in [3.05, 3.63) is 25.3 Å². The summed E-state index contributed by atoms with van der Waals surface area (Å²) < 4.78 is 0. The molecule has 0 spiro atoms. The van der Waals surface area contributed by atoms with E-state index in [0.29, 0.717) is 12.8 Å². The topological polar surface area (TPSA) is 142 Å². The molecule has 0 radical (unpaired) electrons. The van der Waals surface area contributed by atoms with E-state index in [1.807, 2.05) is 0 Å². The van der Waals surface area contributed by atoms with Crippen molar-refractivity contribution in [3.8, 4) is 46.8 Å². The van der Waals surface area contributed by atoms with E-state index in [0.717, 1.165) is 32.8 Å². The van der Waals surface area contributed by atoms with Gasteiger partial charge in [0.05, 0.1) is 24.4 Å². The molecule has 0 aromatic heterocycles. The first-order valence-electron chi connectivity index (χ1n) is 15.0. The van der Waals surface area contributed by atoms with Gasteiger partial charge in [-0.15, -0.1) is 12.3 Å². The number of halogens is 1. The molecule has 0 aliphatic carbocycles. The molecule has 0 fully saturated rings. The Hall–Kier alpha value is -2.08. The van der Waals surface area contributed by atoms with Gasteiger partial charge in [0.25, 0.3) is 0 Å². The summed E-state index contributed by atoms with van der Waals surface area (Å²) in [6.45, 7) is 11.0. The molecule has 0 aliphatic rings. The van der Waals surface area contributed by atoms with Gasteiger partial charge in [0.15, 0.2) is 0 Å². The van der Waals surface area contributed by atoms with Gasteiger partial charge in [-0.3, -0.25) is 0 Å². The van der Waals surface area contributed by atoms with Crippen LogP contribution in [0.2, 0.25) is 0 Å². The summed E-state index contributed by atoms with van der Waals surface area (Å²) in [5.74, 6) is 14.9. The van der Waals surface area contributed by atoms with Crippen LogP contribution >= 0.6 is 15.9 Å². The highest BCUT2D eigenvalue weighted by atomic mass is 79.9. The zero-order valence-electron chi connectivity index (χ0n) is 26.5. The lowest BCUT2D eigenvalue weighted by Crippen LogP contribution is -2.25. The minimum atomic E-state index is -0.872. The highest BCUT2D eigenvalue weighted by molar-refractivity contribution is 9.12. The third kappa shape index (κ3) is 42.1. The average Bonchev–Trinajstić information content (AvgIpc) is 3.01. The fourth-order valence-electron chi connectivity index (χ4n) is 3.18. The maximum absolute atomic E-state index is 9.75. The van der Waals surface area contributed by atoms with Crippen molar-refractivity contribution in [2.45, 2.75) is 148 Å². The first-order valence-corrected chi connectivity index (χ1v) is 15.7. The average molecular weight is 686 g/mol. The summed E-state index contributed by atoms with van der Waals surface area (Å²) in [4.78, 5) is 2.36. The van der Waals surface area contributed by atoms with Crippen molar-refractivity contribution >= 4 is 15.9 Å². The highest BCUT2D eigenvalue weighted by Gasteiger charge is 2.14. The molecule has 0 rings (SSSR count). The van der Waals surface area contributed by atoms with Crippen LogP contribution in [0, 0.1) is 46.8 Å². The maximum Gasteiger partial charge on any atom is 0.134 e. The molecule has 0 bridgehead atoms. The van der Waals surface area contributed by atoms with Crippen LogP contribution in [0.25, 0.3) is 0 Å². The Morgan fingerprint density at radius 3 is 1.41 bits per heavy atom. The number of aliphatic hydroxyl groups is 7. The molecule has 0 amide bonds. The fraction of sp³-hybridized carbons (Fsp3) is 0.667. The first kappa shape index (κ1) is 51.5. The first-order chi connectivity index (χ1) is 20.6. The largest absolute Gasteiger partial charge is 0.400 e. The highest BCUT2D eigenvalue weighted by Crippen LogP contribution is 2.11. The van der Waals surface area contributed by atoms with Crippen molar-refractivity contribution in [2.75, 3.05) is 7.11 Å². The van der Waals surface area contributed by atoms with Crippen LogP contribution in [-0.4, -0.2) is 79.5 Å². The summed E-state index contributed by atoms with van der Waals surface area (Å²) in [6.07, 6.45) is 16.3. The van der Waals surface area contributed by atoms with Gasteiger partial charge in [0, 0.05) is 35.9 Å². The zero-order chi connectivity index (χ0) is 33.7. The summed E-state index contributed by atoms with van der Waals surface area (Å²) in [5.41, 5.74) is 0. The Morgan fingerprint density at radius 1 is 0.636 bits per heavy atom. The van der Waals surface area contributed by atoms with Crippen LogP contribution in [-0.2, 0) is 0 Å². The number of unbranched alkanes of at least 4 members (excludes halogenated alkanes) is 8. The molecular weight excluding hydrogens is 624 g/mol. The fourth-order valence-corrected chi connectivity index (χ4v) is 3.41. The lowest BCUT2D eigenvalue weighted by molar-refractivity contribution is 0.0165. The monoisotopic (exact) mass is 684 g/mol. The van der Waals surface area contributed by atoms with E-state index >= 15 is 0 Å². The number of terminal acetylenes is 1. The van der Waals surface area contributed by atoms with Gasteiger partial charge >= 0.3 is 0 Å². The van der Waals surface area contributed by atoms with Crippen molar-refractivity contribution in [1.29, 1.82) is 0 Å². The Morgan fingerprint density at radius 2 is 1.05 bits per heavy atom. The molecule has 7 nitrogen and oxygen atoms in total. The third-order valence-electron chi connectivity index (χ3n) is 5.75. The van der Waals surface area contributed by atoms with Gasteiger partial charge in [-0.2, -0.15) is 0 Å². The molecule has 0 saturated carbocycles. The molecule has 0 aliphatic heterocycles. The summed E-state index contributed by atoms with van der Waals surface area (Å²) >= 11 is 2.82. The second-order valence-electron chi connectivity index (χ2n) is 9.46. The van der Waals surface area contributed by atoms with E-state index in [9.17, 15) is 20.4 Å². The van der Waals surface area contributed by atoms with Gasteiger partial charge in [-0.05, 0) is 29.5 Å². The maximum atomic E-state index is 9.75. The predicted molar refractivity (Wildman–Crippen MR) is 188 cm³/mol. The molecule has 44 heavy (non-hydrogen) atoms. The zero-order valence-corrected chi connectivity index (χ0v) is 28.1.